The molecule has 5 nitrogen and oxygen atoms in total. The topological polar surface area (TPSA) is 67.2 Å². The van der Waals surface area contributed by atoms with Crippen LogP contribution >= 0.6 is 0 Å². The quantitative estimate of drug-likeness (QED) is 0.630. The number of hydrogen-bond donors (Lipinski definition) is 2. The van der Waals surface area contributed by atoms with Gasteiger partial charge in [-0.3, -0.25) is 4.79 Å². The molecule has 0 atom stereocenters. The largest absolute Gasteiger partial charge is 0.481 e. The first-order valence-corrected chi connectivity index (χ1v) is 4.08. The van der Waals surface area contributed by atoms with E-state index in [2.05, 4.69) is 10.3 Å². The first-order chi connectivity index (χ1) is 6.20. The summed E-state index contributed by atoms with van der Waals surface area (Å²) in [5, 5.41) is 11.4. The van der Waals surface area contributed by atoms with Crippen molar-refractivity contribution in [2.45, 2.75) is 13.0 Å². The highest BCUT2D eigenvalue weighted by Crippen LogP contribution is 1.94. The highest BCUT2D eigenvalue weighted by molar-refractivity contribution is 5.66. The SMILES string of the molecule is Cn1cncc1CNCCC(=O)O. The van der Waals surface area contributed by atoms with E-state index in [0.717, 1.165) is 5.69 Å². The standard InChI is InChI=1S/C8H13N3O2/c1-11-6-10-5-7(11)4-9-3-2-8(12)13/h5-6,9H,2-4H2,1H3,(H,12,13). The number of carboxylic acid groups (broad SMARTS) is 1. The molecule has 0 aromatic carbocycles. The summed E-state index contributed by atoms with van der Waals surface area (Å²) in [6.45, 7) is 1.14. The molecule has 0 fully saturated rings. The Hall–Kier alpha value is -1.36. The van der Waals surface area contributed by atoms with E-state index in [9.17, 15) is 4.79 Å². The number of aromatic nitrogens is 2. The van der Waals surface area contributed by atoms with Gasteiger partial charge in [0, 0.05) is 26.3 Å². The Balaban J connectivity index is 2.20. The maximum absolute atomic E-state index is 10.2. The van der Waals surface area contributed by atoms with Gasteiger partial charge < -0.3 is 15.0 Å². The Labute approximate surface area is 76.4 Å². The number of carbonyl (C=O) groups is 1. The number of nitrogens with one attached hydrogen (secondary N) is 1. The van der Waals surface area contributed by atoms with Crippen LogP contribution in [0.5, 0.6) is 0 Å². The minimum Gasteiger partial charge on any atom is -0.481 e. The van der Waals surface area contributed by atoms with Crippen LogP contribution in [-0.2, 0) is 18.4 Å². The smallest absolute Gasteiger partial charge is 0.304 e. The molecule has 1 aromatic heterocycles. The van der Waals surface area contributed by atoms with Gasteiger partial charge in [0.05, 0.1) is 18.4 Å². The van der Waals surface area contributed by atoms with E-state index >= 15 is 0 Å². The molecule has 0 saturated heterocycles. The molecule has 0 radical (unpaired) electrons. The van der Waals surface area contributed by atoms with Crippen LogP contribution in [0.25, 0.3) is 0 Å². The van der Waals surface area contributed by atoms with Gasteiger partial charge in [-0.25, -0.2) is 4.98 Å². The Bertz CT molecular complexity index is 283. The number of carboxylic acids is 1. The molecule has 0 spiro atoms. The molecule has 0 aliphatic heterocycles. The van der Waals surface area contributed by atoms with E-state index in [1.54, 1.807) is 12.5 Å². The predicted octanol–water partition coefficient (Wildman–Crippen LogP) is -0.0156. The number of aliphatic carboxylic acids is 1. The Morgan fingerprint density at radius 2 is 2.54 bits per heavy atom. The van der Waals surface area contributed by atoms with Crippen LogP contribution in [0.3, 0.4) is 0 Å². The second kappa shape index (κ2) is 4.61. The van der Waals surface area contributed by atoms with Crippen molar-refractivity contribution in [2.24, 2.45) is 7.05 Å². The van der Waals surface area contributed by atoms with Crippen LogP contribution in [0.15, 0.2) is 12.5 Å². The van der Waals surface area contributed by atoms with E-state index in [1.165, 1.54) is 0 Å². The van der Waals surface area contributed by atoms with Crippen molar-refractivity contribution in [2.75, 3.05) is 6.54 Å². The molecular formula is C8H13N3O2. The Morgan fingerprint density at radius 3 is 3.08 bits per heavy atom. The average Bonchev–Trinajstić information content (AvgIpc) is 2.45. The van der Waals surface area contributed by atoms with Crippen molar-refractivity contribution in [3.05, 3.63) is 18.2 Å². The number of nitrogens with zero attached hydrogens (tertiary/aromatic N) is 2. The Morgan fingerprint density at radius 1 is 1.77 bits per heavy atom. The summed E-state index contributed by atoms with van der Waals surface area (Å²) in [5.74, 6) is -0.780. The lowest BCUT2D eigenvalue weighted by Gasteiger charge is -2.02. The van der Waals surface area contributed by atoms with Crippen molar-refractivity contribution in [1.29, 1.82) is 0 Å². The molecule has 0 aliphatic rings. The molecule has 0 bridgehead atoms. The number of aryl methyl sites for hydroxylation is 1. The molecule has 1 aromatic rings. The van der Waals surface area contributed by atoms with Crippen LogP contribution in [0.1, 0.15) is 12.1 Å². The van der Waals surface area contributed by atoms with E-state index in [-0.39, 0.29) is 6.42 Å². The fraction of sp³-hybridized carbons (Fsp3) is 0.500. The van der Waals surface area contributed by atoms with Gasteiger partial charge in [-0.15, -0.1) is 0 Å². The molecule has 0 amide bonds. The zero-order chi connectivity index (χ0) is 9.68. The summed E-state index contributed by atoms with van der Waals surface area (Å²) in [5.41, 5.74) is 1.05. The normalized spacial score (nSPS) is 10.2. The van der Waals surface area contributed by atoms with E-state index in [1.807, 2.05) is 11.6 Å². The van der Waals surface area contributed by atoms with Gasteiger partial charge in [0.2, 0.25) is 0 Å². The fourth-order valence-corrected chi connectivity index (χ4v) is 0.967. The monoisotopic (exact) mass is 183 g/mol. The summed E-state index contributed by atoms with van der Waals surface area (Å²) in [4.78, 5) is 14.1. The number of rotatable bonds is 5. The lowest BCUT2D eigenvalue weighted by atomic mass is 10.4. The molecule has 13 heavy (non-hydrogen) atoms. The third kappa shape index (κ3) is 3.25. The number of imidazole rings is 1. The van der Waals surface area contributed by atoms with Crippen molar-refractivity contribution in [1.82, 2.24) is 14.9 Å². The summed E-state index contributed by atoms with van der Waals surface area (Å²) in [7, 11) is 1.90. The van der Waals surface area contributed by atoms with E-state index < -0.39 is 5.97 Å². The lowest BCUT2D eigenvalue weighted by Crippen LogP contribution is -2.18. The van der Waals surface area contributed by atoms with Crippen LogP contribution in [0, 0.1) is 0 Å². The van der Waals surface area contributed by atoms with Crippen LogP contribution < -0.4 is 5.32 Å². The van der Waals surface area contributed by atoms with Gasteiger partial charge in [-0.1, -0.05) is 0 Å². The van der Waals surface area contributed by atoms with Crippen LogP contribution in [0.2, 0.25) is 0 Å². The van der Waals surface area contributed by atoms with Crippen LogP contribution in [0.4, 0.5) is 0 Å². The average molecular weight is 183 g/mol. The first kappa shape index (κ1) is 9.73. The van der Waals surface area contributed by atoms with Gasteiger partial charge in [-0.2, -0.15) is 0 Å². The minimum atomic E-state index is -0.780. The molecule has 0 unspecified atom stereocenters. The molecule has 5 heteroatoms. The maximum Gasteiger partial charge on any atom is 0.304 e. The number of hydrogen-bond acceptors (Lipinski definition) is 3. The molecule has 0 aliphatic carbocycles. The first-order valence-electron chi connectivity index (χ1n) is 4.08. The summed E-state index contributed by atoms with van der Waals surface area (Å²) < 4.78 is 1.90. The second-order valence-corrected chi connectivity index (χ2v) is 2.82. The summed E-state index contributed by atoms with van der Waals surface area (Å²) in [6.07, 6.45) is 3.62. The molecule has 2 N–H and O–H groups in total. The molecule has 1 heterocycles. The third-order valence-electron chi connectivity index (χ3n) is 1.74. The Kier molecular flexibility index (Phi) is 3.45. The maximum atomic E-state index is 10.2. The van der Waals surface area contributed by atoms with Gasteiger partial charge in [0.1, 0.15) is 0 Å². The minimum absolute atomic E-state index is 0.151. The highest BCUT2D eigenvalue weighted by atomic mass is 16.4. The zero-order valence-electron chi connectivity index (χ0n) is 7.53. The summed E-state index contributed by atoms with van der Waals surface area (Å²) >= 11 is 0. The van der Waals surface area contributed by atoms with E-state index in [0.29, 0.717) is 13.1 Å². The third-order valence-corrected chi connectivity index (χ3v) is 1.74. The molecule has 72 valence electrons. The van der Waals surface area contributed by atoms with Gasteiger partial charge in [0.25, 0.3) is 0 Å². The lowest BCUT2D eigenvalue weighted by molar-refractivity contribution is -0.136. The molecule has 1 rings (SSSR count). The highest BCUT2D eigenvalue weighted by Gasteiger charge is 1.98. The second-order valence-electron chi connectivity index (χ2n) is 2.82. The molecule has 0 saturated carbocycles. The zero-order valence-corrected chi connectivity index (χ0v) is 7.53. The van der Waals surface area contributed by atoms with Crippen molar-refractivity contribution >= 4 is 5.97 Å². The van der Waals surface area contributed by atoms with Gasteiger partial charge >= 0.3 is 5.97 Å². The molecular weight excluding hydrogens is 170 g/mol. The van der Waals surface area contributed by atoms with Crippen LogP contribution in [-0.4, -0.2) is 27.2 Å². The van der Waals surface area contributed by atoms with Crippen molar-refractivity contribution < 1.29 is 9.90 Å². The predicted molar refractivity (Wildman–Crippen MR) is 47.2 cm³/mol. The van der Waals surface area contributed by atoms with Gasteiger partial charge in [0.15, 0.2) is 0 Å². The summed E-state index contributed by atoms with van der Waals surface area (Å²) in [6, 6.07) is 0. The van der Waals surface area contributed by atoms with E-state index in [4.69, 9.17) is 5.11 Å². The van der Waals surface area contributed by atoms with Crippen molar-refractivity contribution in [3.63, 3.8) is 0 Å². The fourth-order valence-electron chi connectivity index (χ4n) is 0.967. The van der Waals surface area contributed by atoms with Gasteiger partial charge in [-0.05, 0) is 0 Å². The van der Waals surface area contributed by atoms with Crippen molar-refractivity contribution in [3.8, 4) is 0 Å².